The van der Waals surface area contributed by atoms with Crippen molar-refractivity contribution >= 4 is 16.5 Å². The van der Waals surface area contributed by atoms with E-state index in [0.29, 0.717) is 41.6 Å². The zero-order chi connectivity index (χ0) is 23.5. The Morgan fingerprint density at radius 3 is 2.68 bits per heavy atom. The minimum absolute atomic E-state index is 0.152. The van der Waals surface area contributed by atoms with E-state index in [0.717, 1.165) is 44.4 Å². The molecule has 1 N–H and O–H groups in total. The lowest BCUT2D eigenvalue weighted by atomic mass is 10.1. The number of aliphatic hydroxyl groups excluding tert-OH is 1. The van der Waals surface area contributed by atoms with Crippen LogP contribution in [-0.4, -0.2) is 60.0 Å². The molecule has 3 aromatic rings. The van der Waals surface area contributed by atoms with Crippen molar-refractivity contribution in [3.8, 4) is 11.4 Å². The Morgan fingerprint density at radius 2 is 1.88 bits per heavy atom. The first-order chi connectivity index (χ1) is 16.6. The number of anilines is 1. The summed E-state index contributed by atoms with van der Waals surface area (Å²) in [6.45, 7) is 4.70. The maximum Gasteiger partial charge on any atom is 0.262 e. The summed E-state index contributed by atoms with van der Waals surface area (Å²) in [7, 11) is 0. The van der Waals surface area contributed by atoms with E-state index in [2.05, 4.69) is 9.80 Å². The first-order valence-corrected chi connectivity index (χ1v) is 12.3. The summed E-state index contributed by atoms with van der Waals surface area (Å²) in [4.78, 5) is 17.8. The highest BCUT2D eigenvalue weighted by atomic mass is 19.1. The van der Waals surface area contributed by atoms with Crippen LogP contribution in [-0.2, 0) is 0 Å². The van der Waals surface area contributed by atoms with Gasteiger partial charge in [-0.1, -0.05) is 0 Å². The molecule has 1 aromatic heterocycles. The average Bonchev–Trinajstić information content (AvgIpc) is 3.54. The Morgan fingerprint density at radius 1 is 1.03 bits per heavy atom. The highest BCUT2D eigenvalue weighted by molar-refractivity contribution is 5.83. The van der Waals surface area contributed by atoms with E-state index in [-0.39, 0.29) is 18.0 Å². The van der Waals surface area contributed by atoms with E-state index in [9.17, 15) is 4.79 Å². The third-order valence-corrected chi connectivity index (χ3v) is 7.07. The van der Waals surface area contributed by atoms with E-state index in [4.69, 9.17) is 9.84 Å². The predicted octanol–water partition coefficient (Wildman–Crippen LogP) is 3.96. The fraction of sp³-hybridized carbons (Fsp3) is 0.444. The number of nitrogens with zero attached hydrogens (tertiary/aromatic N) is 3. The molecule has 180 valence electrons. The number of hydrogen-bond donors (Lipinski definition) is 1. The van der Waals surface area contributed by atoms with E-state index in [1.165, 1.54) is 23.5 Å². The van der Waals surface area contributed by atoms with E-state index < -0.39 is 0 Å². The highest BCUT2D eigenvalue weighted by Crippen LogP contribution is 2.29. The molecule has 34 heavy (non-hydrogen) atoms. The van der Waals surface area contributed by atoms with Crippen LogP contribution in [0.2, 0.25) is 0 Å². The van der Waals surface area contributed by atoms with Gasteiger partial charge in [-0.15, -0.1) is 0 Å². The van der Waals surface area contributed by atoms with Gasteiger partial charge in [0, 0.05) is 43.4 Å². The van der Waals surface area contributed by atoms with Crippen molar-refractivity contribution in [2.24, 2.45) is 0 Å². The lowest BCUT2D eigenvalue weighted by Crippen LogP contribution is -2.35. The van der Waals surface area contributed by atoms with E-state index in [1.54, 1.807) is 24.4 Å². The Labute approximate surface area is 199 Å². The number of hydrogen-bond acceptors (Lipinski definition) is 5. The number of halogens is 1. The highest BCUT2D eigenvalue weighted by Gasteiger charge is 2.30. The number of aliphatic hydroxyl groups is 1. The smallest absolute Gasteiger partial charge is 0.262 e. The lowest BCUT2D eigenvalue weighted by molar-refractivity contribution is 0.253. The van der Waals surface area contributed by atoms with E-state index >= 15 is 4.39 Å². The number of aromatic nitrogens is 1. The van der Waals surface area contributed by atoms with Crippen molar-refractivity contribution in [3.63, 3.8) is 0 Å². The quantitative estimate of drug-likeness (QED) is 0.511. The van der Waals surface area contributed by atoms with Gasteiger partial charge >= 0.3 is 0 Å². The van der Waals surface area contributed by atoms with Gasteiger partial charge in [-0.25, -0.2) is 4.39 Å². The largest absolute Gasteiger partial charge is 0.494 e. The monoisotopic (exact) mass is 465 g/mol. The molecule has 0 spiro atoms. The molecule has 0 saturated carbocycles. The molecule has 2 aliphatic heterocycles. The number of unbranched alkanes of at least 4 members (excludes halogenated alkanes) is 1. The molecule has 7 heteroatoms. The number of rotatable bonds is 8. The third-order valence-electron chi connectivity index (χ3n) is 7.07. The summed E-state index contributed by atoms with van der Waals surface area (Å²) in [6, 6.07) is 12.8. The maximum absolute atomic E-state index is 15.2. The van der Waals surface area contributed by atoms with Gasteiger partial charge in [-0.05, 0) is 87.0 Å². The summed E-state index contributed by atoms with van der Waals surface area (Å²) in [5.74, 6) is 0.397. The molecule has 0 aliphatic carbocycles. The molecule has 3 heterocycles. The molecule has 2 fully saturated rings. The average molecular weight is 466 g/mol. The van der Waals surface area contributed by atoms with Crippen LogP contribution in [0.1, 0.15) is 32.1 Å². The first-order valence-electron chi connectivity index (χ1n) is 12.3. The number of fused-ring (bicyclic) bond motifs is 1. The van der Waals surface area contributed by atoms with Gasteiger partial charge in [0.25, 0.3) is 5.56 Å². The van der Waals surface area contributed by atoms with Crippen LogP contribution in [0.15, 0.2) is 53.5 Å². The van der Waals surface area contributed by atoms with Crippen LogP contribution in [0, 0.1) is 5.82 Å². The van der Waals surface area contributed by atoms with Crippen LogP contribution in [0.5, 0.6) is 5.75 Å². The maximum atomic E-state index is 15.2. The number of benzene rings is 2. The molecule has 5 rings (SSSR count). The Bertz CT molecular complexity index is 1210. The molecule has 1 atom stereocenters. The van der Waals surface area contributed by atoms with Crippen LogP contribution in [0.4, 0.5) is 10.1 Å². The molecule has 0 radical (unpaired) electrons. The third kappa shape index (κ3) is 4.68. The minimum Gasteiger partial charge on any atom is -0.494 e. The van der Waals surface area contributed by atoms with Crippen LogP contribution < -0.4 is 15.2 Å². The fourth-order valence-electron chi connectivity index (χ4n) is 5.19. The molecule has 2 aliphatic rings. The molecule has 6 nitrogen and oxygen atoms in total. The summed E-state index contributed by atoms with van der Waals surface area (Å²) in [6.07, 6.45) is 6.75. The van der Waals surface area contributed by atoms with Crippen LogP contribution >= 0.6 is 0 Å². The standard InChI is InChI=1S/C27H32FN3O3/c28-25-18-21(5-8-26(25)30-13-10-22(19-30)29-11-1-2-12-29)31-14-9-20-17-23(34-16-4-3-15-32)6-7-24(20)27(31)33/h5-9,14,17-18,22,32H,1-4,10-13,15-16,19H2/t22-/m1/s1. The summed E-state index contributed by atoms with van der Waals surface area (Å²) < 4.78 is 22.4. The number of ether oxygens (including phenoxy) is 1. The van der Waals surface area contributed by atoms with Gasteiger partial charge in [0.05, 0.1) is 18.0 Å². The molecular formula is C27H32FN3O3. The molecule has 2 aromatic carbocycles. The van der Waals surface area contributed by atoms with Gasteiger partial charge in [0.2, 0.25) is 0 Å². The molecule has 0 amide bonds. The number of likely N-dealkylation sites (tertiary alicyclic amines) is 1. The first kappa shape index (κ1) is 22.9. The fourth-order valence-corrected chi connectivity index (χ4v) is 5.19. The summed E-state index contributed by atoms with van der Waals surface area (Å²) in [5.41, 5.74) is 0.946. The lowest BCUT2D eigenvalue weighted by Gasteiger charge is -2.25. The van der Waals surface area contributed by atoms with Crippen molar-refractivity contribution in [2.45, 2.75) is 38.1 Å². The number of pyridine rings is 1. The molecule has 0 unspecified atom stereocenters. The van der Waals surface area contributed by atoms with Gasteiger partial charge in [-0.3, -0.25) is 14.3 Å². The Balaban J connectivity index is 1.33. The zero-order valence-electron chi connectivity index (χ0n) is 19.5. The van der Waals surface area contributed by atoms with Gasteiger partial charge < -0.3 is 14.7 Å². The van der Waals surface area contributed by atoms with Crippen molar-refractivity contribution in [3.05, 3.63) is 64.8 Å². The van der Waals surface area contributed by atoms with Gasteiger partial charge in [0.1, 0.15) is 11.6 Å². The molecule has 2 saturated heterocycles. The van der Waals surface area contributed by atoms with Crippen molar-refractivity contribution in [2.75, 3.05) is 44.3 Å². The second kappa shape index (κ2) is 10.2. The predicted molar refractivity (Wildman–Crippen MR) is 133 cm³/mol. The van der Waals surface area contributed by atoms with E-state index in [1.807, 2.05) is 18.2 Å². The topological polar surface area (TPSA) is 57.9 Å². The summed E-state index contributed by atoms with van der Waals surface area (Å²) in [5, 5.41) is 10.2. The van der Waals surface area contributed by atoms with Gasteiger partial charge in [0.15, 0.2) is 0 Å². The Kier molecular flexibility index (Phi) is 6.83. The van der Waals surface area contributed by atoms with Crippen molar-refractivity contribution < 1.29 is 14.2 Å². The van der Waals surface area contributed by atoms with Crippen LogP contribution in [0.3, 0.4) is 0 Å². The molecular weight excluding hydrogens is 433 g/mol. The second-order valence-electron chi connectivity index (χ2n) is 9.29. The normalized spacial score (nSPS) is 18.8. The molecule has 0 bridgehead atoms. The minimum atomic E-state index is -0.293. The van der Waals surface area contributed by atoms with Gasteiger partial charge in [-0.2, -0.15) is 0 Å². The van der Waals surface area contributed by atoms with Crippen molar-refractivity contribution in [1.82, 2.24) is 9.47 Å². The zero-order valence-corrected chi connectivity index (χ0v) is 19.5. The van der Waals surface area contributed by atoms with Crippen molar-refractivity contribution in [1.29, 1.82) is 0 Å². The second-order valence-corrected chi connectivity index (χ2v) is 9.29. The Hall–Kier alpha value is -2.90. The van der Waals surface area contributed by atoms with Crippen LogP contribution in [0.25, 0.3) is 16.5 Å². The summed E-state index contributed by atoms with van der Waals surface area (Å²) >= 11 is 0. The SMILES string of the molecule is O=c1c2ccc(OCCCCO)cc2ccn1-c1ccc(N2CC[C@@H](N3CCCC3)C2)c(F)c1.